The highest BCUT2D eigenvalue weighted by Gasteiger charge is 2.15. The molecule has 0 spiro atoms. The minimum absolute atomic E-state index is 0.222. The van der Waals surface area contributed by atoms with Crippen molar-refractivity contribution in [2.45, 2.75) is 0 Å². The zero-order chi connectivity index (χ0) is 21.6. The molecular weight excluding hydrogens is 386 g/mol. The molecule has 0 saturated carbocycles. The van der Waals surface area contributed by atoms with E-state index in [0.717, 1.165) is 43.0 Å². The smallest absolute Gasteiger partial charge is 0.269 e. The standard InChI is InChI=1S/C25H27N5O/c1-29-13-15-30(16-14-29)22-11-9-21(10-12-22)28-23-17-20(18-27-24(23)25(26)31)8-7-19-5-3-2-4-6-19/h2-12,17-18,28H,13-16H2,1H3,(H2,26,31)/b8-7+. The summed E-state index contributed by atoms with van der Waals surface area (Å²) in [6, 6.07) is 20.2. The number of benzene rings is 2. The number of carbonyl (C=O) groups excluding carboxylic acids is 1. The Hall–Kier alpha value is -3.64. The third-order valence-corrected chi connectivity index (χ3v) is 5.42. The van der Waals surface area contributed by atoms with E-state index in [1.54, 1.807) is 6.20 Å². The normalized spacial score (nSPS) is 14.7. The van der Waals surface area contributed by atoms with Crippen LogP contribution < -0.4 is 16.0 Å². The highest BCUT2D eigenvalue weighted by atomic mass is 16.1. The number of nitrogens with one attached hydrogen (secondary N) is 1. The quantitative estimate of drug-likeness (QED) is 0.642. The van der Waals surface area contributed by atoms with E-state index in [-0.39, 0.29) is 5.69 Å². The van der Waals surface area contributed by atoms with Crippen molar-refractivity contribution in [3.05, 3.63) is 83.7 Å². The summed E-state index contributed by atoms with van der Waals surface area (Å²) in [6.45, 7) is 4.18. The van der Waals surface area contributed by atoms with Gasteiger partial charge in [0, 0.05) is 43.8 Å². The first-order valence-electron chi connectivity index (χ1n) is 10.4. The Morgan fingerprint density at radius 2 is 1.65 bits per heavy atom. The van der Waals surface area contributed by atoms with E-state index in [1.807, 2.05) is 60.7 Å². The summed E-state index contributed by atoms with van der Waals surface area (Å²) in [7, 11) is 2.15. The zero-order valence-corrected chi connectivity index (χ0v) is 17.7. The highest BCUT2D eigenvalue weighted by molar-refractivity contribution is 5.97. The molecular formula is C25H27N5O. The van der Waals surface area contributed by atoms with Crippen molar-refractivity contribution in [2.24, 2.45) is 5.73 Å². The first-order valence-corrected chi connectivity index (χ1v) is 10.4. The lowest BCUT2D eigenvalue weighted by Crippen LogP contribution is -2.44. The van der Waals surface area contributed by atoms with Crippen LogP contribution in [0.25, 0.3) is 12.2 Å². The Labute approximate surface area is 183 Å². The lowest BCUT2D eigenvalue weighted by atomic mass is 10.1. The van der Waals surface area contributed by atoms with E-state index in [1.165, 1.54) is 5.69 Å². The molecule has 0 radical (unpaired) electrons. The number of nitrogens with two attached hydrogens (primary N) is 1. The van der Waals surface area contributed by atoms with E-state index >= 15 is 0 Å². The van der Waals surface area contributed by atoms with Crippen LogP contribution in [0.2, 0.25) is 0 Å². The topological polar surface area (TPSA) is 74.5 Å². The molecule has 6 heteroatoms. The van der Waals surface area contributed by atoms with Crippen molar-refractivity contribution >= 4 is 35.1 Å². The van der Waals surface area contributed by atoms with Crippen molar-refractivity contribution in [3.63, 3.8) is 0 Å². The zero-order valence-electron chi connectivity index (χ0n) is 17.7. The summed E-state index contributed by atoms with van der Waals surface area (Å²) in [5.41, 5.74) is 10.4. The van der Waals surface area contributed by atoms with Crippen molar-refractivity contribution < 1.29 is 4.79 Å². The van der Waals surface area contributed by atoms with Crippen molar-refractivity contribution in [3.8, 4) is 0 Å². The Morgan fingerprint density at radius 3 is 2.32 bits per heavy atom. The summed E-state index contributed by atoms with van der Waals surface area (Å²) in [4.78, 5) is 20.9. The molecule has 4 rings (SSSR count). The molecule has 1 saturated heterocycles. The molecule has 1 fully saturated rings. The van der Waals surface area contributed by atoms with Crippen molar-refractivity contribution in [1.82, 2.24) is 9.88 Å². The van der Waals surface area contributed by atoms with Gasteiger partial charge in [-0.3, -0.25) is 4.79 Å². The predicted octanol–water partition coefficient (Wildman–Crippen LogP) is 3.85. The molecule has 0 bridgehead atoms. The van der Waals surface area contributed by atoms with Crippen LogP contribution in [-0.4, -0.2) is 49.0 Å². The molecule has 1 aliphatic heterocycles. The van der Waals surface area contributed by atoms with Gasteiger partial charge in [0.05, 0.1) is 5.69 Å². The lowest BCUT2D eigenvalue weighted by Gasteiger charge is -2.34. The van der Waals surface area contributed by atoms with Crippen LogP contribution >= 0.6 is 0 Å². The second kappa shape index (κ2) is 9.45. The van der Waals surface area contributed by atoms with E-state index in [0.29, 0.717) is 5.69 Å². The molecule has 2 heterocycles. The summed E-state index contributed by atoms with van der Waals surface area (Å²) < 4.78 is 0. The molecule has 6 nitrogen and oxygen atoms in total. The Kier molecular flexibility index (Phi) is 6.29. The average molecular weight is 414 g/mol. The molecule has 2 aromatic carbocycles. The number of hydrogen-bond donors (Lipinski definition) is 2. The summed E-state index contributed by atoms with van der Waals surface area (Å²) in [5, 5.41) is 3.31. The maximum Gasteiger partial charge on any atom is 0.269 e. The lowest BCUT2D eigenvalue weighted by molar-refractivity contribution is 0.0996. The Morgan fingerprint density at radius 1 is 0.968 bits per heavy atom. The average Bonchev–Trinajstić information content (AvgIpc) is 2.79. The second-order valence-electron chi connectivity index (χ2n) is 7.74. The highest BCUT2D eigenvalue weighted by Crippen LogP contribution is 2.25. The molecule has 1 amide bonds. The number of rotatable bonds is 6. The molecule has 3 aromatic rings. The fraction of sp³-hybridized carbons (Fsp3) is 0.200. The van der Waals surface area contributed by atoms with Crippen LogP contribution in [0.5, 0.6) is 0 Å². The van der Waals surface area contributed by atoms with Gasteiger partial charge in [0.25, 0.3) is 5.91 Å². The van der Waals surface area contributed by atoms with Gasteiger partial charge < -0.3 is 20.9 Å². The van der Waals surface area contributed by atoms with E-state index in [2.05, 4.69) is 39.3 Å². The van der Waals surface area contributed by atoms with Crippen LogP contribution in [0.15, 0.2) is 66.9 Å². The maximum absolute atomic E-state index is 11.9. The van der Waals surface area contributed by atoms with Gasteiger partial charge in [-0.1, -0.05) is 42.5 Å². The van der Waals surface area contributed by atoms with Crippen LogP contribution in [0.1, 0.15) is 21.6 Å². The first kappa shape index (κ1) is 20.6. The number of nitrogens with zero attached hydrogens (tertiary/aromatic N) is 3. The van der Waals surface area contributed by atoms with Gasteiger partial charge in [-0.15, -0.1) is 0 Å². The summed E-state index contributed by atoms with van der Waals surface area (Å²) in [5.74, 6) is -0.560. The maximum atomic E-state index is 11.9. The summed E-state index contributed by atoms with van der Waals surface area (Å²) >= 11 is 0. The van der Waals surface area contributed by atoms with Crippen LogP contribution in [0, 0.1) is 0 Å². The van der Waals surface area contributed by atoms with Gasteiger partial charge in [0.15, 0.2) is 5.69 Å². The molecule has 0 atom stereocenters. The number of likely N-dealkylation sites (N-methyl/N-ethyl adjacent to an activating group) is 1. The van der Waals surface area contributed by atoms with Crippen molar-refractivity contribution in [2.75, 3.05) is 43.4 Å². The number of primary amides is 1. The van der Waals surface area contributed by atoms with Gasteiger partial charge in [0.2, 0.25) is 0 Å². The number of pyridine rings is 1. The number of carbonyl (C=O) groups is 1. The second-order valence-corrected chi connectivity index (χ2v) is 7.74. The minimum Gasteiger partial charge on any atom is -0.369 e. The number of aromatic nitrogens is 1. The SMILES string of the molecule is CN1CCN(c2ccc(Nc3cc(/C=C/c4ccccc4)cnc3C(N)=O)cc2)CC1. The fourth-order valence-corrected chi connectivity index (χ4v) is 3.60. The third kappa shape index (κ3) is 5.29. The molecule has 1 aliphatic rings. The molecule has 1 aromatic heterocycles. The number of anilines is 3. The van der Waals surface area contributed by atoms with Gasteiger partial charge >= 0.3 is 0 Å². The van der Waals surface area contributed by atoms with E-state index < -0.39 is 5.91 Å². The number of piperazine rings is 1. The minimum atomic E-state index is -0.560. The van der Waals surface area contributed by atoms with Gasteiger partial charge in [0.1, 0.15) is 0 Å². The van der Waals surface area contributed by atoms with E-state index in [4.69, 9.17) is 5.73 Å². The number of amides is 1. The monoisotopic (exact) mass is 413 g/mol. The predicted molar refractivity (Wildman–Crippen MR) is 128 cm³/mol. The fourth-order valence-electron chi connectivity index (χ4n) is 3.60. The molecule has 158 valence electrons. The summed E-state index contributed by atoms with van der Waals surface area (Å²) in [6.07, 6.45) is 5.63. The third-order valence-electron chi connectivity index (χ3n) is 5.42. The van der Waals surface area contributed by atoms with Crippen molar-refractivity contribution in [1.29, 1.82) is 0 Å². The van der Waals surface area contributed by atoms with Crippen LogP contribution in [0.4, 0.5) is 17.1 Å². The van der Waals surface area contributed by atoms with Crippen LogP contribution in [0.3, 0.4) is 0 Å². The van der Waals surface area contributed by atoms with Crippen LogP contribution in [-0.2, 0) is 0 Å². The Bertz CT molecular complexity index is 1060. The molecule has 0 aliphatic carbocycles. The first-order chi connectivity index (χ1) is 15.1. The van der Waals surface area contributed by atoms with Gasteiger partial charge in [-0.05, 0) is 48.5 Å². The number of hydrogen-bond acceptors (Lipinski definition) is 5. The molecule has 3 N–H and O–H groups in total. The Balaban J connectivity index is 1.52. The van der Waals surface area contributed by atoms with E-state index in [9.17, 15) is 4.79 Å². The molecule has 31 heavy (non-hydrogen) atoms. The van der Waals surface area contributed by atoms with Gasteiger partial charge in [-0.25, -0.2) is 4.98 Å². The molecule has 0 unspecified atom stereocenters. The van der Waals surface area contributed by atoms with Gasteiger partial charge in [-0.2, -0.15) is 0 Å². The largest absolute Gasteiger partial charge is 0.369 e.